The summed E-state index contributed by atoms with van der Waals surface area (Å²) in [5.74, 6) is -0.733. The molecule has 3 rings (SSSR count). The molecule has 0 unspecified atom stereocenters. The minimum Gasteiger partial charge on any atom is -0.302 e. The number of amides is 1. The first kappa shape index (κ1) is 16.9. The third-order valence-corrected chi connectivity index (χ3v) is 4.57. The molecule has 0 aliphatic rings. The highest BCUT2D eigenvalue weighted by atomic mass is 35.5. The lowest BCUT2D eigenvalue weighted by atomic mass is 10.1. The highest BCUT2D eigenvalue weighted by Gasteiger charge is 2.12. The molecular formula is C17H11Cl2FN2OS. The average molecular weight is 381 g/mol. The number of anilines is 1. The Balaban J connectivity index is 1.72. The van der Waals surface area contributed by atoms with E-state index in [4.69, 9.17) is 23.2 Å². The summed E-state index contributed by atoms with van der Waals surface area (Å²) in [6.07, 6.45) is -0.0523. The van der Waals surface area contributed by atoms with Crippen LogP contribution in [-0.4, -0.2) is 10.9 Å². The summed E-state index contributed by atoms with van der Waals surface area (Å²) < 4.78 is 13.6. The molecule has 1 N–H and O–H groups in total. The van der Waals surface area contributed by atoms with Gasteiger partial charge in [-0.15, -0.1) is 11.3 Å². The van der Waals surface area contributed by atoms with Crippen LogP contribution >= 0.6 is 34.5 Å². The lowest BCUT2D eigenvalue weighted by molar-refractivity contribution is -0.115. The van der Waals surface area contributed by atoms with Crippen molar-refractivity contribution in [3.63, 3.8) is 0 Å². The molecule has 0 atom stereocenters. The standard InChI is InChI=1S/C17H11Cl2FN2OS/c18-11-5-6-12(13(19)8-11)15-9-24-17(21-15)22-16(23)7-10-3-1-2-4-14(10)20/h1-6,8-9H,7H2,(H,21,22,23). The average Bonchev–Trinajstić information content (AvgIpc) is 2.97. The Labute approximate surface area is 152 Å². The maximum Gasteiger partial charge on any atom is 0.230 e. The van der Waals surface area contributed by atoms with Crippen LogP contribution in [0.25, 0.3) is 11.3 Å². The fourth-order valence-electron chi connectivity index (χ4n) is 2.13. The van der Waals surface area contributed by atoms with Crippen LogP contribution in [0.3, 0.4) is 0 Å². The highest BCUT2D eigenvalue weighted by molar-refractivity contribution is 7.14. The molecular weight excluding hydrogens is 370 g/mol. The van der Waals surface area contributed by atoms with Crippen molar-refractivity contribution in [1.29, 1.82) is 0 Å². The molecule has 0 saturated heterocycles. The number of aromatic nitrogens is 1. The SMILES string of the molecule is O=C(Cc1ccccc1F)Nc1nc(-c2ccc(Cl)cc2Cl)cs1. The topological polar surface area (TPSA) is 42.0 Å². The molecule has 2 aromatic carbocycles. The van der Waals surface area contributed by atoms with Gasteiger partial charge in [0.15, 0.2) is 5.13 Å². The zero-order valence-electron chi connectivity index (χ0n) is 12.2. The molecule has 0 bridgehead atoms. The molecule has 3 nitrogen and oxygen atoms in total. The third-order valence-electron chi connectivity index (χ3n) is 3.27. The van der Waals surface area contributed by atoms with Crippen molar-refractivity contribution >= 4 is 45.6 Å². The van der Waals surface area contributed by atoms with Crippen LogP contribution in [0.15, 0.2) is 47.8 Å². The molecule has 0 saturated carbocycles. The van der Waals surface area contributed by atoms with Gasteiger partial charge < -0.3 is 5.32 Å². The van der Waals surface area contributed by atoms with Crippen molar-refractivity contribution in [2.45, 2.75) is 6.42 Å². The van der Waals surface area contributed by atoms with Gasteiger partial charge in [0.2, 0.25) is 5.91 Å². The second-order valence-corrected chi connectivity index (χ2v) is 6.68. The lowest BCUT2D eigenvalue weighted by Gasteiger charge is -2.03. The zero-order chi connectivity index (χ0) is 17.1. The molecule has 3 aromatic rings. The second kappa shape index (κ2) is 7.30. The largest absolute Gasteiger partial charge is 0.302 e. The van der Waals surface area contributed by atoms with Gasteiger partial charge >= 0.3 is 0 Å². The predicted octanol–water partition coefficient (Wildman–Crippen LogP) is 5.44. The van der Waals surface area contributed by atoms with Crippen LogP contribution in [-0.2, 0) is 11.2 Å². The van der Waals surface area contributed by atoms with Crippen LogP contribution in [0.2, 0.25) is 10.0 Å². The first-order chi connectivity index (χ1) is 11.5. The van der Waals surface area contributed by atoms with Crippen molar-refractivity contribution in [1.82, 2.24) is 4.98 Å². The van der Waals surface area contributed by atoms with E-state index in [1.165, 1.54) is 17.4 Å². The van der Waals surface area contributed by atoms with Gasteiger partial charge in [-0.3, -0.25) is 4.79 Å². The molecule has 1 heterocycles. The summed E-state index contributed by atoms with van der Waals surface area (Å²) in [4.78, 5) is 16.4. The molecule has 1 amide bonds. The van der Waals surface area contributed by atoms with E-state index in [0.29, 0.717) is 26.4 Å². The Kier molecular flexibility index (Phi) is 5.14. The van der Waals surface area contributed by atoms with Crippen molar-refractivity contribution in [2.24, 2.45) is 0 Å². The van der Waals surface area contributed by atoms with Crippen molar-refractivity contribution in [3.05, 3.63) is 69.3 Å². The predicted molar refractivity (Wildman–Crippen MR) is 96.3 cm³/mol. The Hall–Kier alpha value is -1.95. The van der Waals surface area contributed by atoms with Crippen LogP contribution in [0.5, 0.6) is 0 Å². The van der Waals surface area contributed by atoms with Gasteiger partial charge in [0.1, 0.15) is 5.82 Å². The number of carbonyl (C=O) groups is 1. The van der Waals surface area contributed by atoms with Crippen molar-refractivity contribution < 1.29 is 9.18 Å². The fourth-order valence-corrected chi connectivity index (χ4v) is 3.36. The number of carbonyl (C=O) groups excluding carboxylic acids is 1. The molecule has 24 heavy (non-hydrogen) atoms. The van der Waals surface area contributed by atoms with Gasteiger partial charge in [-0.2, -0.15) is 0 Å². The maximum absolute atomic E-state index is 13.6. The quantitative estimate of drug-likeness (QED) is 0.654. The smallest absolute Gasteiger partial charge is 0.230 e. The second-order valence-electron chi connectivity index (χ2n) is 4.98. The molecule has 1 aromatic heterocycles. The third kappa shape index (κ3) is 3.93. The lowest BCUT2D eigenvalue weighted by Crippen LogP contribution is -2.15. The van der Waals surface area contributed by atoms with Crippen LogP contribution in [0.1, 0.15) is 5.56 Å². The van der Waals surface area contributed by atoms with E-state index < -0.39 is 5.82 Å². The number of rotatable bonds is 4. The van der Waals surface area contributed by atoms with E-state index in [0.717, 1.165) is 5.56 Å². The van der Waals surface area contributed by atoms with Crippen molar-refractivity contribution in [3.8, 4) is 11.3 Å². The summed E-state index contributed by atoms with van der Waals surface area (Å²) in [5, 5.41) is 5.91. The normalized spacial score (nSPS) is 10.6. The summed E-state index contributed by atoms with van der Waals surface area (Å²) in [6.45, 7) is 0. The fraction of sp³-hybridized carbons (Fsp3) is 0.0588. The number of halogens is 3. The Morgan fingerprint density at radius 2 is 2.00 bits per heavy atom. The molecule has 0 aliphatic carbocycles. The van der Waals surface area contributed by atoms with Gasteiger partial charge in [-0.25, -0.2) is 9.37 Å². The molecule has 122 valence electrons. The van der Waals surface area contributed by atoms with E-state index in [2.05, 4.69) is 10.3 Å². The van der Waals surface area contributed by atoms with E-state index in [1.54, 1.807) is 41.8 Å². The molecule has 7 heteroatoms. The van der Waals surface area contributed by atoms with Crippen LogP contribution in [0, 0.1) is 5.82 Å². The first-order valence-corrected chi connectivity index (χ1v) is 8.60. The Bertz CT molecular complexity index is 898. The Morgan fingerprint density at radius 3 is 2.75 bits per heavy atom. The maximum atomic E-state index is 13.6. The monoisotopic (exact) mass is 380 g/mol. The highest BCUT2D eigenvalue weighted by Crippen LogP contribution is 2.32. The number of hydrogen-bond acceptors (Lipinski definition) is 3. The number of benzene rings is 2. The number of nitrogens with one attached hydrogen (secondary N) is 1. The molecule has 0 spiro atoms. The summed E-state index contributed by atoms with van der Waals surface area (Å²) in [5.41, 5.74) is 1.71. The van der Waals surface area contributed by atoms with Gasteiger partial charge in [0.25, 0.3) is 0 Å². The minimum atomic E-state index is -0.402. The van der Waals surface area contributed by atoms with E-state index in [-0.39, 0.29) is 12.3 Å². The molecule has 0 radical (unpaired) electrons. The number of nitrogens with zero attached hydrogens (tertiary/aromatic N) is 1. The van der Waals surface area contributed by atoms with Crippen LogP contribution < -0.4 is 5.32 Å². The van der Waals surface area contributed by atoms with Gasteiger partial charge in [-0.1, -0.05) is 41.4 Å². The minimum absolute atomic E-state index is 0.0523. The molecule has 0 aliphatic heterocycles. The van der Waals surface area contributed by atoms with E-state index in [1.807, 2.05) is 0 Å². The summed E-state index contributed by atoms with van der Waals surface area (Å²) in [6, 6.07) is 11.3. The zero-order valence-corrected chi connectivity index (χ0v) is 14.6. The number of thiazole rings is 1. The van der Waals surface area contributed by atoms with Gasteiger partial charge in [0, 0.05) is 16.0 Å². The summed E-state index contributed by atoms with van der Waals surface area (Å²) >= 11 is 13.3. The van der Waals surface area contributed by atoms with E-state index in [9.17, 15) is 9.18 Å². The molecule has 0 fully saturated rings. The Morgan fingerprint density at radius 1 is 1.21 bits per heavy atom. The van der Waals surface area contributed by atoms with Crippen LogP contribution in [0.4, 0.5) is 9.52 Å². The number of hydrogen-bond donors (Lipinski definition) is 1. The first-order valence-electron chi connectivity index (χ1n) is 6.97. The summed E-state index contributed by atoms with van der Waals surface area (Å²) in [7, 11) is 0. The van der Waals surface area contributed by atoms with Gasteiger partial charge in [-0.05, 0) is 29.8 Å². The van der Waals surface area contributed by atoms with Gasteiger partial charge in [0.05, 0.1) is 17.1 Å². The van der Waals surface area contributed by atoms with E-state index >= 15 is 0 Å². The van der Waals surface area contributed by atoms with Crippen molar-refractivity contribution in [2.75, 3.05) is 5.32 Å².